The zero-order valence-electron chi connectivity index (χ0n) is 3.01. The molecule has 0 nitrogen and oxygen atoms in total. The van der Waals surface area contributed by atoms with Crippen molar-refractivity contribution in [2.75, 3.05) is 0 Å². The second-order valence-corrected chi connectivity index (χ2v) is 0. The van der Waals surface area contributed by atoms with E-state index in [1.807, 2.05) is 0 Å². The molecule has 1 radical (unpaired) electrons. The van der Waals surface area contributed by atoms with E-state index in [0.717, 1.165) is 0 Å². The summed E-state index contributed by atoms with van der Waals surface area (Å²) < 4.78 is 0. The quantitative estimate of drug-likeness (QED) is 0.323. The molecule has 0 unspecified atom stereocenters. The van der Waals surface area contributed by atoms with Crippen LogP contribution in [0, 0.1) is 14.4 Å². The van der Waals surface area contributed by atoms with Crippen molar-refractivity contribution in [1.29, 1.82) is 0 Å². The zero-order chi connectivity index (χ0) is 2.00. The Labute approximate surface area is 39.1 Å². The summed E-state index contributed by atoms with van der Waals surface area (Å²) >= 11 is 0. The molecule has 0 saturated heterocycles. The molecule has 0 aliphatic carbocycles. The molecular weight excluding hydrogens is 99.6 g/mol. The van der Waals surface area contributed by atoms with Gasteiger partial charge in [-0.3, -0.25) is 0 Å². The van der Waals surface area contributed by atoms with Crippen LogP contribution in [-0.2, 0) is 17.1 Å². The summed E-state index contributed by atoms with van der Waals surface area (Å²) in [4.78, 5) is 0. The van der Waals surface area contributed by atoms with Gasteiger partial charge in [-0.05, 0) is 0 Å². The molecule has 31 valence electrons. The molecule has 0 N–H and O–H groups in total. The van der Waals surface area contributed by atoms with E-state index in [2.05, 4.69) is 6.92 Å². The fraction of sp³-hybridized carbons (Fsp3) is 0.333. The molecule has 0 aromatic rings. The predicted molar refractivity (Wildman–Crippen MR) is 17.4 cm³/mol. The molecule has 0 saturated carbocycles. The zero-order valence-corrected chi connectivity index (χ0v) is 3.95. The van der Waals surface area contributed by atoms with Gasteiger partial charge in [-0.1, -0.05) is 0 Å². The van der Waals surface area contributed by atoms with Crippen LogP contribution in [0.1, 0.15) is 6.92 Å². The van der Waals surface area contributed by atoms with Gasteiger partial charge in [0, 0.05) is 0 Å². The minimum Gasteiger partial charge on any atom is -0.358 e. The van der Waals surface area contributed by atoms with Crippen LogP contribution in [0.15, 0.2) is 0 Å². The molecule has 0 aromatic heterocycles. The molecular formula is C3H8Cu. The van der Waals surface area contributed by atoms with Gasteiger partial charge in [0.15, 0.2) is 0 Å². The molecule has 1 heteroatoms. The Morgan fingerprint density at radius 1 is 1.25 bits per heavy atom. The van der Waals surface area contributed by atoms with Crippen LogP contribution in [-0.4, -0.2) is 0 Å². The van der Waals surface area contributed by atoms with Crippen molar-refractivity contribution in [3.8, 4) is 0 Å². The van der Waals surface area contributed by atoms with Gasteiger partial charge in [0.2, 0.25) is 0 Å². The summed E-state index contributed by atoms with van der Waals surface area (Å²) in [6.45, 7) is 5.00. The first-order valence-corrected chi connectivity index (χ1v) is 0.707. The fourth-order valence-corrected chi connectivity index (χ4v) is 0. The molecule has 0 fully saturated rings. The summed E-state index contributed by atoms with van der Waals surface area (Å²) in [6, 6.07) is 0. The van der Waals surface area contributed by atoms with Crippen LogP contribution in [0.3, 0.4) is 0 Å². The summed E-state index contributed by atoms with van der Waals surface area (Å²) in [7, 11) is 0. The molecule has 0 aliphatic rings. The fourth-order valence-electron chi connectivity index (χ4n) is 0. The summed E-state index contributed by atoms with van der Waals surface area (Å²) in [5.74, 6) is 0. The predicted octanol–water partition coefficient (Wildman–Crippen LogP) is 1.29. The van der Waals surface area contributed by atoms with Crippen LogP contribution in [0.2, 0.25) is 0 Å². The first-order chi connectivity index (χ1) is 1.00. The van der Waals surface area contributed by atoms with E-state index in [-0.39, 0.29) is 24.5 Å². The second-order valence-electron chi connectivity index (χ2n) is 0. The van der Waals surface area contributed by atoms with Gasteiger partial charge in [0.1, 0.15) is 0 Å². The Morgan fingerprint density at radius 3 is 1.25 bits per heavy atom. The molecule has 0 rings (SSSR count). The van der Waals surface area contributed by atoms with Crippen molar-refractivity contribution in [3.63, 3.8) is 0 Å². The second kappa shape index (κ2) is 82.8. The van der Waals surface area contributed by atoms with Gasteiger partial charge >= 0.3 is 17.1 Å². The maximum atomic E-state index is 3.25. The van der Waals surface area contributed by atoms with Gasteiger partial charge in [-0.25, -0.2) is 0 Å². The molecule has 0 atom stereocenters. The van der Waals surface area contributed by atoms with Gasteiger partial charge in [-0.2, -0.15) is 6.92 Å². The van der Waals surface area contributed by atoms with Crippen LogP contribution in [0.5, 0.6) is 0 Å². The van der Waals surface area contributed by atoms with Gasteiger partial charge in [-0.15, -0.1) is 0 Å². The molecule has 0 aliphatic heterocycles. The third-order valence-corrected chi connectivity index (χ3v) is 0. The van der Waals surface area contributed by atoms with E-state index >= 15 is 0 Å². The van der Waals surface area contributed by atoms with E-state index in [4.69, 9.17) is 0 Å². The monoisotopic (exact) mass is 107 g/mol. The normalized spacial score (nSPS) is 1.50. The first-order valence-electron chi connectivity index (χ1n) is 0.707. The topological polar surface area (TPSA) is 0 Å². The van der Waals surface area contributed by atoms with Crippen molar-refractivity contribution in [1.82, 2.24) is 0 Å². The van der Waals surface area contributed by atoms with Crippen LogP contribution < -0.4 is 0 Å². The van der Waals surface area contributed by atoms with E-state index in [1.54, 1.807) is 6.92 Å². The van der Waals surface area contributed by atoms with Crippen LogP contribution in [0.4, 0.5) is 0 Å². The summed E-state index contributed by atoms with van der Waals surface area (Å²) in [6.07, 6.45) is 0. The van der Waals surface area contributed by atoms with E-state index in [1.165, 1.54) is 0 Å². The smallest absolute Gasteiger partial charge is 0.358 e. The Morgan fingerprint density at radius 2 is 1.25 bits per heavy atom. The number of hydrogen-bond acceptors (Lipinski definition) is 0. The third kappa shape index (κ3) is 21.6. The average Bonchev–Trinajstić information content (AvgIpc) is 1.00. The maximum absolute atomic E-state index is 3.25. The molecule has 4 heavy (non-hydrogen) atoms. The molecule has 0 aromatic carbocycles. The Kier molecular flexibility index (Phi) is 502. The minimum absolute atomic E-state index is 0. The SMILES string of the molecule is [CH2-]C.[CH3-].[Cu+2]. The number of rotatable bonds is 0. The Bertz CT molecular complexity index is 3.25. The molecule has 0 amide bonds. The number of hydrogen-bond donors (Lipinski definition) is 0. The third-order valence-electron chi connectivity index (χ3n) is 0. The van der Waals surface area contributed by atoms with Crippen molar-refractivity contribution < 1.29 is 17.1 Å². The average molecular weight is 108 g/mol. The van der Waals surface area contributed by atoms with E-state index in [9.17, 15) is 0 Å². The summed E-state index contributed by atoms with van der Waals surface area (Å²) in [5, 5.41) is 0. The standard InChI is InChI=1S/C2H5.CH3.Cu/c1-2;;/h1H2,2H3;1H3;/q2*-1;+2. The Balaban J connectivity index is -0.00000000500. The van der Waals surface area contributed by atoms with Crippen molar-refractivity contribution >= 4 is 0 Å². The molecule has 0 heterocycles. The minimum atomic E-state index is 0. The first kappa shape index (κ1) is 24.2. The molecule has 0 bridgehead atoms. The van der Waals surface area contributed by atoms with Gasteiger partial charge < -0.3 is 14.4 Å². The van der Waals surface area contributed by atoms with Gasteiger partial charge in [0.05, 0.1) is 0 Å². The van der Waals surface area contributed by atoms with E-state index in [0.29, 0.717) is 0 Å². The maximum Gasteiger partial charge on any atom is 2.00 e. The van der Waals surface area contributed by atoms with Crippen molar-refractivity contribution in [2.24, 2.45) is 0 Å². The Hall–Kier alpha value is 0.519. The van der Waals surface area contributed by atoms with Gasteiger partial charge in [0.25, 0.3) is 0 Å². The molecule has 0 spiro atoms. The largest absolute Gasteiger partial charge is 2.00 e. The van der Waals surface area contributed by atoms with E-state index < -0.39 is 0 Å². The van der Waals surface area contributed by atoms with Crippen LogP contribution in [0.25, 0.3) is 0 Å². The van der Waals surface area contributed by atoms with Crippen LogP contribution >= 0.6 is 0 Å². The van der Waals surface area contributed by atoms with Crippen molar-refractivity contribution in [3.05, 3.63) is 14.4 Å². The summed E-state index contributed by atoms with van der Waals surface area (Å²) in [5.41, 5.74) is 0. The van der Waals surface area contributed by atoms with Crippen molar-refractivity contribution in [2.45, 2.75) is 6.92 Å².